The molecule has 110 valence electrons. The first-order chi connectivity index (χ1) is 9.41. The van der Waals surface area contributed by atoms with Crippen LogP contribution >= 0.6 is 11.6 Å². The second-order valence-electron chi connectivity index (χ2n) is 4.47. The number of carbonyl (C=O) groups excluding carboxylic acids is 2. The van der Waals surface area contributed by atoms with Crippen LogP contribution in [0.4, 0.5) is 4.79 Å². The summed E-state index contributed by atoms with van der Waals surface area (Å²) in [6.07, 6.45) is 0. The van der Waals surface area contributed by atoms with Gasteiger partial charge in [-0.25, -0.2) is 4.79 Å². The first-order valence-corrected chi connectivity index (χ1v) is 6.53. The molecule has 0 saturated carbocycles. The molecule has 1 aromatic rings. The molecule has 0 aliphatic heterocycles. The fourth-order valence-corrected chi connectivity index (χ4v) is 1.73. The van der Waals surface area contributed by atoms with E-state index in [1.54, 1.807) is 32.3 Å². The van der Waals surface area contributed by atoms with E-state index in [9.17, 15) is 9.59 Å². The van der Waals surface area contributed by atoms with E-state index in [-0.39, 0.29) is 6.03 Å². The topological polar surface area (TPSA) is 87.5 Å². The Morgan fingerprint density at radius 1 is 1.30 bits per heavy atom. The molecule has 0 unspecified atom stereocenters. The predicted octanol–water partition coefficient (Wildman–Crippen LogP) is 0.800. The zero-order chi connectivity index (χ0) is 15.1. The van der Waals surface area contributed by atoms with Gasteiger partial charge in [0, 0.05) is 44.3 Å². The largest absolute Gasteiger partial charge is 0.366 e. The van der Waals surface area contributed by atoms with Crippen molar-refractivity contribution < 1.29 is 9.59 Å². The van der Waals surface area contributed by atoms with Crippen molar-refractivity contribution in [3.05, 3.63) is 34.3 Å². The lowest BCUT2D eigenvalue weighted by Gasteiger charge is -2.12. The van der Waals surface area contributed by atoms with Gasteiger partial charge in [-0.3, -0.25) is 4.79 Å². The lowest BCUT2D eigenvalue weighted by molar-refractivity contribution is 0.1000. The standard InChI is InChI=1S/C13H19ClN4O2/c1-18(2)13(20)17-6-5-16-8-10-4-3-9(12(15)19)7-11(10)14/h3-4,7,16H,5-6,8H2,1-2H3,(H2,15,19)(H,17,20). The summed E-state index contributed by atoms with van der Waals surface area (Å²) in [5, 5.41) is 6.38. The maximum atomic E-state index is 11.3. The molecular weight excluding hydrogens is 280 g/mol. The maximum absolute atomic E-state index is 11.3. The Bertz CT molecular complexity index is 491. The summed E-state index contributed by atoms with van der Waals surface area (Å²) < 4.78 is 0. The molecule has 7 heteroatoms. The Kier molecular flexibility index (Phi) is 6.27. The predicted molar refractivity (Wildman–Crippen MR) is 78.8 cm³/mol. The van der Waals surface area contributed by atoms with E-state index < -0.39 is 5.91 Å². The van der Waals surface area contributed by atoms with Crippen LogP contribution in [0.25, 0.3) is 0 Å². The number of carbonyl (C=O) groups is 2. The van der Waals surface area contributed by atoms with E-state index in [4.69, 9.17) is 17.3 Å². The van der Waals surface area contributed by atoms with Crippen LogP contribution in [0.15, 0.2) is 18.2 Å². The molecule has 0 spiro atoms. The number of amides is 3. The molecule has 4 N–H and O–H groups in total. The highest BCUT2D eigenvalue weighted by Crippen LogP contribution is 2.17. The molecule has 0 fully saturated rings. The Morgan fingerprint density at radius 2 is 2.00 bits per heavy atom. The molecule has 0 aliphatic rings. The summed E-state index contributed by atoms with van der Waals surface area (Å²) in [4.78, 5) is 23.7. The molecule has 0 aromatic heterocycles. The monoisotopic (exact) mass is 298 g/mol. The lowest BCUT2D eigenvalue weighted by Crippen LogP contribution is -2.38. The van der Waals surface area contributed by atoms with Gasteiger partial charge in [0.15, 0.2) is 0 Å². The molecule has 1 rings (SSSR count). The van der Waals surface area contributed by atoms with Gasteiger partial charge in [-0.15, -0.1) is 0 Å². The minimum atomic E-state index is -0.502. The van der Waals surface area contributed by atoms with Gasteiger partial charge in [-0.05, 0) is 17.7 Å². The van der Waals surface area contributed by atoms with Crippen molar-refractivity contribution in [2.24, 2.45) is 5.73 Å². The van der Waals surface area contributed by atoms with Crippen LogP contribution < -0.4 is 16.4 Å². The molecule has 0 radical (unpaired) electrons. The van der Waals surface area contributed by atoms with Gasteiger partial charge in [0.2, 0.25) is 5.91 Å². The number of benzene rings is 1. The fraction of sp³-hybridized carbons (Fsp3) is 0.385. The Hall–Kier alpha value is -1.79. The number of rotatable bonds is 6. The number of hydrogen-bond acceptors (Lipinski definition) is 3. The molecule has 0 aliphatic carbocycles. The van der Waals surface area contributed by atoms with Crippen LogP contribution in [0.3, 0.4) is 0 Å². The van der Waals surface area contributed by atoms with Crippen LogP contribution in [0.5, 0.6) is 0 Å². The van der Waals surface area contributed by atoms with Crippen molar-refractivity contribution in [3.63, 3.8) is 0 Å². The highest BCUT2D eigenvalue weighted by molar-refractivity contribution is 6.31. The second-order valence-corrected chi connectivity index (χ2v) is 4.88. The first kappa shape index (κ1) is 16.3. The Morgan fingerprint density at radius 3 is 2.55 bits per heavy atom. The minimum Gasteiger partial charge on any atom is -0.366 e. The van der Waals surface area contributed by atoms with Gasteiger partial charge in [-0.1, -0.05) is 17.7 Å². The molecule has 6 nitrogen and oxygen atoms in total. The minimum absolute atomic E-state index is 0.129. The number of hydrogen-bond donors (Lipinski definition) is 3. The Balaban J connectivity index is 2.36. The highest BCUT2D eigenvalue weighted by Gasteiger charge is 2.05. The van der Waals surface area contributed by atoms with E-state index in [0.717, 1.165) is 5.56 Å². The number of halogens is 1. The third kappa shape index (κ3) is 5.07. The van der Waals surface area contributed by atoms with Gasteiger partial charge >= 0.3 is 6.03 Å². The quantitative estimate of drug-likeness (QED) is 0.679. The molecule has 1 aromatic carbocycles. The molecule has 20 heavy (non-hydrogen) atoms. The number of primary amides is 1. The Labute approximate surface area is 123 Å². The summed E-state index contributed by atoms with van der Waals surface area (Å²) >= 11 is 6.05. The summed E-state index contributed by atoms with van der Waals surface area (Å²) in [6.45, 7) is 1.69. The van der Waals surface area contributed by atoms with Crippen molar-refractivity contribution in [3.8, 4) is 0 Å². The van der Waals surface area contributed by atoms with Gasteiger partial charge < -0.3 is 21.3 Å². The second kappa shape index (κ2) is 7.72. The van der Waals surface area contributed by atoms with Crippen molar-refractivity contribution in [2.45, 2.75) is 6.54 Å². The van der Waals surface area contributed by atoms with Crippen molar-refractivity contribution in [1.29, 1.82) is 0 Å². The van der Waals surface area contributed by atoms with E-state index >= 15 is 0 Å². The average Bonchev–Trinajstić information content (AvgIpc) is 2.39. The molecular formula is C13H19ClN4O2. The van der Waals surface area contributed by atoms with Crippen LogP contribution in [-0.2, 0) is 6.54 Å². The van der Waals surface area contributed by atoms with Gasteiger partial charge in [-0.2, -0.15) is 0 Å². The number of nitrogens with one attached hydrogen (secondary N) is 2. The van der Waals surface area contributed by atoms with E-state index in [1.165, 1.54) is 4.90 Å². The van der Waals surface area contributed by atoms with Crippen molar-refractivity contribution in [1.82, 2.24) is 15.5 Å². The maximum Gasteiger partial charge on any atom is 0.316 e. The van der Waals surface area contributed by atoms with E-state index in [0.29, 0.717) is 30.2 Å². The molecule has 0 saturated heterocycles. The third-order valence-electron chi connectivity index (χ3n) is 2.64. The SMILES string of the molecule is CN(C)C(=O)NCCNCc1ccc(C(N)=O)cc1Cl. The number of urea groups is 1. The average molecular weight is 299 g/mol. The molecule has 3 amide bonds. The molecule has 0 atom stereocenters. The molecule has 0 bridgehead atoms. The van der Waals surface area contributed by atoms with Gasteiger partial charge in [0.05, 0.1) is 0 Å². The van der Waals surface area contributed by atoms with Crippen molar-refractivity contribution in [2.75, 3.05) is 27.2 Å². The summed E-state index contributed by atoms with van der Waals surface area (Å²) in [5.74, 6) is -0.502. The van der Waals surface area contributed by atoms with Gasteiger partial charge in [0.1, 0.15) is 0 Å². The van der Waals surface area contributed by atoms with Crippen LogP contribution in [0.1, 0.15) is 15.9 Å². The van der Waals surface area contributed by atoms with Crippen LogP contribution in [-0.4, -0.2) is 44.0 Å². The fourth-order valence-electron chi connectivity index (χ4n) is 1.48. The molecule has 0 heterocycles. The van der Waals surface area contributed by atoms with Crippen molar-refractivity contribution >= 4 is 23.5 Å². The summed E-state index contributed by atoms with van der Waals surface area (Å²) in [7, 11) is 3.37. The number of nitrogens with two attached hydrogens (primary N) is 1. The van der Waals surface area contributed by atoms with Crippen LogP contribution in [0, 0.1) is 0 Å². The zero-order valence-electron chi connectivity index (χ0n) is 11.6. The zero-order valence-corrected chi connectivity index (χ0v) is 12.3. The number of nitrogens with zero attached hydrogens (tertiary/aromatic N) is 1. The van der Waals surface area contributed by atoms with Crippen LogP contribution in [0.2, 0.25) is 5.02 Å². The summed E-state index contributed by atoms with van der Waals surface area (Å²) in [5.41, 5.74) is 6.42. The summed E-state index contributed by atoms with van der Waals surface area (Å²) in [6, 6.07) is 4.82. The van der Waals surface area contributed by atoms with Gasteiger partial charge in [0.25, 0.3) is 0 Å². The van der Waals surface area contributed by atoms with E-state index in [2.05, 4.69) is 10.6 Å². The normalized spacial score (nSPS) is 10.2. The third-order valence-corrected chi connectivity index (χ3v) is 2.99. The first-order valence-electron chi connectivity index (χ1n) is 6.16. The lowest BCUT2D eigenvalue weighted by atomic mass is 10.1. The van der Waals surface area contributed by atoms with E-state index in [1.807, 2.05) is 0 Å². The smallest absolute Gasteiger partial charge is 0.316 e. The highest BCUT2D eigenvalue weighted by atomic mass is 35.5.